The molecule has 0 saturated carbocycles. The molecule has 0 aromatic carbocycles. The van der Waals surface area contributed by atoms with Crippen LogP contribution in [0.15, 0.2) is 27.0 Å². The Hall–Kier alpha value is -1.96. The highest BCUT2D eigenvalue weighted by Gasteiger charge is 2.28. The second-order valence-corrected chi connectivity index (χ2v) is 2.59. The van der Waals surface area contributed by atoms with Gasteiger partial charge in [-0.05, 0) is 0 Å². The van der Waals surface area contributed by atoms with E-state index in [2.05, 4.69) is 21.1 Å². The maximum Gasteiger partial charge on any atom is 0.261 e. The number of fused-ring (bicyclic) bond motifs is 1. The summed E-state index contributed by atoms with van der Waals surface area (Å²) < 4.78 is 0. The molecule has 13 heavy (non-hydrogen) atoms. The van der Waals surface area contributed by atoms with E-state index in [4.69, 9.17) is 6.42 Å². The molecule has 2 heterocycles. The van der Waals surface area contributed by atoms with Crippen molar-refractivity contribution in [2.24, 2.45) is 15.2 Å². The molecule has 0 bridgehead atoms. The van der Waals surface area contributed by atoms with Gasteiger partial charge in [0.2, 0.25) is 0 Å². The highest BCUT2D eigenvalue weighted by molar-refractivity contribution is 6.22. The van der Waals surface area contributed by atoms with Gasteiger partial charge in [0.05, 0.1) is 12.7 Å². The summed E-state index contributed by atoms with van der Waals surface area (Å²) in [5, 5.41) is 7.29. The van der Waals surface area contributed by atoms with Gasteiger partial charge in [-0.3, -0.25) is 4.79 Å². The lowest BCUT2D eigenvalue weighted by molar-refractivity contribution is -0.126. The maximum absolute atomic E-state index is 11.6. The number of carbonyl (C=O) groups is 1. The first kappa shape index (κ1) is 7.68. The summed E-state index contributed by atoms with van der Waals surface area (Å²) in [6.07, 6.45) is 6.51. The first-order valence-corrected chi connectivity index (χ1v) is 3.71. The first-order valence-electron chi connectivity index (χ1n) is 3.71. The maximum atomic E-state index is 11.6. The van der Waals surface area contributed by atoms with Gasteiger partial charge in [0.1, 0.15) is 12.2 Å². The van der Waals surface area contributed by atoms with Crippen LogP contribution in [0.5, 0.6) is 0 Å². The third kappa shape index (κ3) is 1.12. The number of nitrogens with zero attached hydrogens (tertiary/aromatic N) is 4. The summed E-state index contributed by atoms with van der Waals surface area (Å²) in [6.45, 7) is 0.543. The predicted molar refractivity (Wildman–Crippen MR) is 45.8 cm³/mol. The Morgan fingerprint density at radius 2 is 2.54 bits per heavy atom. The van der Waals surface area contributed by atoms with E-state index in [0.29, 0.717) is 11.4 Å². The van der Waals surface area contributed by atoms with E-state index in [1.807, 2.05) is 0 Å². The van der Waals surface area contributed by atoms with Crippen molar-refractivity contribution < 1.29 is 4.79 Å². The van der Waals surface area contributed by atoms with Crippen molar-refractivity contribution in [1.29, 1.82) is 0 Å². The minimum atomic E-state index is -0.145. The average Bonchev–Trinajstić information content (AvgIpc) is 2.58. The molecular weight excluding hydrogens is 168 g/mol. The first-order chi connectivity index (χ1) is 6.33. The van der Waals surface area contributed by atoms with Crippen LogP contribution in [0.25, 0.3) is 0 Å². The summed E-state index contributed by atoms with van der Waals surface area (Å²) in [5.41, 5.74) is 0.432. The van der Waals surface area contributed by atoms with Crippen LogP contribution >= 0.6 is 0 Å². The zero-order valence-electron chi connectivity index (χ0n) is 6.77. The minimum absolute atomic E-state index is 0.145. The molecule has 0 aromatic heterocycles. The fraction of sp³-hybridized carbons (Fsp3) is 0.250. The highest BCUT2D eigenvalue weighted by atomic mass is 16.2. The number of azo groups is 1. The van der Waals surface area contributed by atoms with Crippen LogP contribution in [0.3, 0.4) is 0 Å². The molecule has 0 spiro atoms. The van der Waals surface area contributed by atoms with Crippen LogP contribution in [0.2, 0.25) is 0 Å². The van der Waals surface area contributed by atoms with Crippen molar-refractivity contribution in [2.75, 3.05) is 13.2 Å². The molecule has 0 radical (unpaired) electrons. The van der Waals surface area contributed by atoms with E-state index >= 15 is 0 Å². The molecule has 0 aromatic rings. The van der Waals surface area contributed by atoms with Crippen LogP contribution in [0.4, 0.5) is 0 Å². The lowest BCUT2D eigenvalue weighted by Crippen LogP contribution is -2.37. The van der Waals surface area contributed by atoms with Crippen molar-refractivity contribution in [2.45, 2.75) is 0 Å². The molecular formula is C8H6N4O. The molecule has 0 saturated heterocycles. The van der Waals surface area contributed by atoms with Crippen molar-refractivity contribution >= 4 is 11.7 Å². The van der Waals surface area contributed by atoms with E-state index in [9.17, 15) is 4.79 Å². The predicted octanol–water partition coefficient (Wildman–Crippen LogP) is 0.167. The lowest BCUT2D eigenvalue weighted by atomic mass is 10.2. The van der Waals surface area contributed by atoms with Crippen molar-refractivity contribution in [3.8, 4) is 12.3 Å². The molecule has 5 nitrogen and oxygen atoms in total. The summed E-state index contributed by atoms with van der Waals surface area (Å²) in [7, 11) is 0. The van der Waals surface area contributed by atoms with Gasteiger partial charge in [-0.2, -0.15) is 5.11 Å². The van der Waals surface area contributed by atoms with Gasteiger partial charge < -0.3 is 4.90 Å². The quantitative estimate of drug-likeness (QED) is 0.522. The molecule has 64 valence electrons. The van der Waals surface area contributed by atoms with Gasteiger partial charge in [-0.15, -0.1) is 11.5 Å². The molecule has 0 atom stereocenters. The van der Waals surface area contributed by atoms with Gasteiger partial charge in [-0.1, -0.05) is 5.92 Å². The van der Waals surface area contributed by atoms with Gasteiger partial charge in [0, 0.05) is 0 Å². The molecule has 0 aliphatic carbocycles. The van der Waals surface area contributed by atoms with E-state index in [1.54, 1.807) is 0 Å². The Labute approximate surface area is 74.9 Å². The number of terminal acetylenes is 1. The summed E-state index contributed by atoms with van der Waals surface area (Å²) in [5.74, 6) is 2.66. The summed E-state index contributed by atoms with van der Waals surface area (Å²) in [4.78, 5) is 17.1. The Morgan fingerprint density at radius 3 is 3.31 bits per heavy atom. The number of amidine groups is 1. The largest absolute Gasteiger partial charge is 0.308 e. The third-order valence-corrected chi connectivity index (χ3v) is 1.77. The molecule has 0 fully saturated rings. The summed E-state index contributed by atoms with van der Waals surface area (Å²) in [6, 6.07) is 0. The van der Waals surface area contributed by atoms with Crippen molar-refractivity contribution in [3.05, 3.63) is 11.8 Å². The molecule has 5 heteroatoms. The number of hydrogen-bond donors (Lipinski definition) is 0. The van der Waals surface area contributed by atoms with Crippen LogP contribution < -0.4 is 0 Å². The number of aliphatic imine (C=N–C) groups is 1. The molecule has 1 amide bonds. The van der Waals surface area contributed by atoms with Gasteiger partial charge in [0.15, 0.2) is 5.84 Å². The zero-order chi connectivity index (χ0) is 9.26. The van der Waals surface area contributed by atoms with E-state index < -0.39 is 0 Å². The van der Waals surface area contributed by atoms with E-state index in [0.717, 1.165) is 0 Å². The van der Waals surface area contributed by atoms with Gasteiger partial charge in [0.25, 0.3) is 5.91 Å². The Bertz CT molecular complexity index is 385. The van der Waals surface area contributed by atoms with Crippen molar-refractivity contribution in [1.82, 2.24) is 4.90 Å². The number of amides is 1. The fourth-order valence-corrected chi connectivity index (χ4v) is 1.14. The topological polar surface area (TPSA) is 57.4 Å². The highest BCUT2D eigenvalue weighted by Crippen LogP contribution is 2.16. The molecule has 0 unspecified atom stereocenters. The molecule has 0 N–H and O–H groups in total. The fourth-order valence-electron chi connectivity index (χ4n) is 1.14. The zero-order valence-corrected chi connectivity index (χ0v) is 6.77. The van der Waals surface area contributed by atoms with Crippen LogP contribution in [-0.4, -0.2) is 29.9 Å². The molecule has 2 rings (SSSR count). The standard InChI is InChI=1S/C8H6N4O/c1-2-3-12-5-9-7-6(8(12)13)4-10-11-7/h1,4H,3,5H2. The smallest absolute Gasteiger partial charge is 0.261 e. The normalized spacial score (nSPS) is 19.3. The second kappa shape index (κ2) is 2.83. The van der Waals surface area contributed by atoms with Crippen LogP contribution in [0.1, 0.15) is 0 Å². The second-order valence-electron chi connectivity index (χ2n) is 2.59. The van der Waals surface area contributed by atoms with Crippen LogP contribution in [0, 0.1) is 12.3 Å². The Morgan fingerprint density at radius 1 is 1.69 bits per heavy atom. The van der Waals surface area contributed by atoms with Crippen molar-refractivity contribution in [3.63, 3.8) is 0 Å². The van der Waals surface area contributed by atoms with E-state index in [1.165, 1.54) is 11.1 Å². The Kier molecular flexibility index (Phi) is 1.67. The number of hydrogen-bond acceptors (Lipinski definition) is 4. The van der Waals surface area contributed by atoms with Crippen LogP contribution in [-0.2, 0) is 4.79 Å². The number of carbonyl (C=O) groups excluding carboxylic acids is 1. The third-order valence-electron chi connectivity index (χ3n) is 1.77. The monoisotopic (exact) mass is 174 g/mol. The Balaban J connectivity index is 2.27. The molecule has 2 aliphatic rings. The summed E-state index contributed by atoms with van der Waals surface area (Å²) >= 11 is 0. The SMILES string of the molecule is C#CCN1CN=C2N=NC=C2C1=O. The lowest BCUT2D eigenvalue weighted by Gasteiger charge is -2.21. The minimum Gasteiger partial charge on any atom is -0.308 e. The van der Waals surface area contributed by atoms with Gasteiger partial charge >= 0.3 is 0 Å². The molecule has 2 aliphatic heterocycles. The van der Waals surface area contributed by atoms with Gasteiger partial charge in [-0.25, -0.2) is 4.99 Å². The number of rotatable bonds is 1. The average molecular weight is 174 g/mol. The van der Waals surface area contributed by atoms with E-state index in [-0.39, 0.29) is 19.1 Å².